The van der Waals surface area contributed by atoms with Gasteiger partial charge in [-0.25, -0.2) is 0 Å². The van der Waals surface area contributed by atoms with Crippen molar-refractivity contribution in [3.8, 4) is 0 Å². The van der Waals surface area contributed by atoms with Gasteiger partial charge in [0.2, 0.25) is 5.91 Å². The molecule has 0 aromatic heterocycles. The molecule has 0 rings (SSSR count). The van der Waals surface area contributed by atoms with Crippen molar-refractivity contribution < 1.29 is 4.79 Å². The Morgan fingerprint density at radius 2 is 1.60 bits per heavy atom. The van der Waals surface area contributed by atoms with Gasteiger partial charge >= 0.3 is 0 Å². The predicted molar refractivity (Wildman–Crippen MR) is 43.4 cm³/mol. The zero-order valence-corrected chi connectivity index (χ0v) is 7.22. The lowest BCUT2D eigenvalue weighted by Gasteiger charge is -2.09. The molecule has 1 atom stereocenters. The van der Waals surface area contributed by atoms with E-state index >= 15 is 0 Å². The van der Waals surface area contributed by atoms with Gasteiger partial charge < -0.3 is 11.5 Å². The number of carbonyl (C=O) groups excluding carboxylic acids is 1. The fourth-order valence-electron chi connectivity index (χ4n) is 0.329. The van der Waals surface area contributed by atoms with E-state index in [-0.39, 0.29) is 5.92 Å². The normalized spacial score (nSPS) is 11.8. The van der Waals surface area contributed by atoms with Crippen LogP contribution in [0.4, 0.5) is 0 Å². The highest BCUT2D eigenvalue weighted by molar-refractivity contribution is 5.79. The summed E-state index contributed by atoms with van der Waals surface area (Å²) in [6, 6.07) is -0.491. The van der Waals surface area contributed by atoms with E-state index in [1.807, 2.05) is 27.7 Å². The zero-order valence-electron chi connectivity index (χ0n) is 7.22. The van der Waals surface area contributed by atoms with Crippen LogP contribution < -0.4 is 11.5 Å². The van der Waals surface area contributed by atoms with Gasteiger partial charge in [-0.2, -0.15) is 0 Å². The molecule has 0 spiro atoms. The summed E-state index contributed by atoms with van der Waals surface area (Å²) in [5.41, 5.74) is 10.2. The summed E-state index contributed by atoms with van der Waals surface area (Å²) in [7, 11) is 0. The lowest BCUT2D eigenvalue weighted by Crippen LogP contribution is -2.40. The minimum Gasteiger partial charge on any atom is -0.368 e. The summed E-state index contributed by atoms with van der Waals surface area (Å²) in [6.07, 6.45) is 0. The predicted octanol–water partition coefficient (Wildman–Crippen LogP) is 0.481. The molecule has 4 N–H and O–H groups in total. The molecular weight excluding hydrogens is 128 g/mol. The third-order valence-electron chi connectivity index (χ3n) is 1.05. The third kappa shape index (κ3) is 5.56. The zero-order chi connectivity index (χ0) is 8.73. The maximum absolute atomic E-state index is 10.2. The quantitative estimate of drug-likeness (QED) is 0.595. The molecule has 10 heavy (non-hydrogen) atoms. The van der Waals surface area contributed by atoms with Gasteiger partial charge in [0.15, 0.2) is 0 Å². The summed E-state index contributed by atoms with van der Waals surface area (Å²) in [5.74, 6) is -0.285. The van der Waals surface area contributed by atoms with Gasteiger partial charge in [-0.3, -0.25) is 4.79 Å². The molecule has 0 radical (unpaired) electrons. The summed E-state index contributed by atoms with van der Waals surface area (Å²) in [5, 5.41) is 0. The van der Waals surface area contributed by atoms with Gasteiger partial charge in [-0.05, 0) is 5.92 Å². The monoisotopic (exact) mass is 146 g/mol. The van der Waals surface area contributed by atoms with Crippen LogP contribution in [0.5, 0.6) is 0 Å². The first-order chi connectivity index (χ1) is 4.55. The standard InChI is InChI=1S/C5H12N2O.C2H6/c1-3(2)4(6)5(7)8;1-2/h3-4H,6H2,1-2H3,(H2,7,8);1-2H3/t4-;/m0./s1. The molecule has 0 aliphatic rings. The minimum atomic E-state index is -0.491. The SMILES string of the molecule is CC.CC(C)[C@H](N)C(N)=O. The Hall–Kier alpha value is -0.570. The highest BCUT2D eigenvalue weighted by atomic mass is 16.1. The van der Waals surface area contributed by atoms with Crippen LogP contribution in [0.2, 0.25) is 0 Å². The van der Waals surface area contributed by atoms with E-state index in [0.29, 0.717) is 0 Å². The first kappa shape index (κ1) is 12.1. The van der Waals surface area contributed by atoms with Gasteiger partial charge in [-0.1, -0.05) is 27.7 Å². The molecule has 0 aromatic rings. The largest absolute Gasteiger partial charge is 0.368 e. The average Bonchev–Trinajstić information content (AvgIpc) is 1.90. The third-order valence-corrected chi connectivity index (χ3v) is 1.05. The van der Waals surface area contributed by atoms with Crippen molar-refractivity contribution >= 4 is 5.91 Å². The second kappa shape index (κ2) is 6.55. The van der Waals surface area contributed by atoms with Crippen molar-refractivity contribution in [3.63, 3.8) is 0 Å². The smallest absolute Gasteiger partial charge is 0.234 e. The van der Waals surface area contributed by atoms with Crippen LogP contribution in [0.15, 0.2) is 0 Å². The summed E-state index contributed by atoms with van der Waals surface area (Å²) >= 11 is 0. The number of rotatable bonds is 2. The van der Waals surface area contributed by atoms with Crippen molar-refractivity contribution in [2.24, 2.45) is 17.4 Å². The molecule has 0 aromatic carbocycles. The van der Waals surface area contributed by atoms with E-state index in [1.165, 1.54) is 0 Å². The van der Waals surface area contributed by atoms with E-state index in [0.717, 1.165) is 0 Å². The second-order valence-corrected chi connectivity index (χ2v) is 2.17. The number of primary amides is 1. The van der Waals surface area contributed by atoms with Crippen molar-refractivity contribution in [3.05, 3.63) is 0 Å². The minimum absolute atomic E-state index is 0.146. The molecule has 0 saturated carbocycles. The lowest BCUT2D eigenvalue weighted by atomic mass is 10.1. The van der Waals surface area contributed by atoms with E-state index in [9.17, 15) is 4.79 Å². The Bertz CT molecular complexity index is 91.6. The Morgan fingerprint density at radius 1 is 1.30 bits per heavy atom. The molecule has 1 amide bonds. The number of nitrogens with two attached hydrogens (primary N) is 2. The summed E-state index contributed by atoms with van der Waals surface area (Å²) in [6.45, 7) is 7.71. The van der Waals surface area contributed by atoms with Gasteiger partial charge in [0.25, 0.3) is 0 Å². The average molecular weight is 146 g/mol. The van der Waals surface area contributed by atoms with Gasteiger partial charge in [0, 0.05) is 0 Å². The highest BCUT2D eigenvalue weighted by Gasteiger charge is 2.12. The van der Waals surface area contributed by atoms with E-state index in [2.05, 4.69) is 0 Å². The lowest BCUT2D eigenvalue weighted by molar-refractivity contribution is -0.120. The Labute approximate surface area is 62.8 Å². The topological polar surface area (TPSA) is 69.1 Å². The van der Waals surface area contributed by atoms with Crippen molar-refractivity contribution in [1.82, 2.24) is 0 Å². The van der Waals surface area contributed by atoms with Crippen LogP contribution in [0.1, 0.15) is 27.7 Å². The molecule has 3 nitrogen and oxygen atoms in total. The maximum Gasteiger partial charge on any atom is 0.234 e. The Kier molecular flexibility index (Phi) is 7.95. The highest BCUT2D eigenvalue weighted by Crippen LogP contribution is 1.95. The van der Waals surface area contributed by atoms with Crippen molar-refractivity contribution in [1.29, 1.82) is 0 Å². The molecule has 62 valence electrons. The van der Waals surface area contributed by atoms with E-state index in [1.54, 1.807) is 0 Å². The molecule has 0 aliphatic carbocycles. The van der Waals surface area contributed by atoms with Gasteiger partial charge in [0.05, 0.1) is 6.04 Å². The maximum atomic E-state index is 10.2. The van der Waals surface area contributed by atoms with Crippen molar-refractivity contribution in [2.75, 3.05) is 0 Å². The second-order valence-electron chi connectivity index (χ2n) is 2.17. The van der Waals surface area contributed by atoms with E-state index in [4.69, 9.17) is 11.5 Å². The van der Waals surface area contributed by atoms with Crippen LogP contribution >= 0.6 is 0 Å². The van der Waals surface area contributed by atoms with Crippen LogP contribution in [-0.2, 0) is 4.79 Å². The summed E-state index contributed by atoms with van der Waals surface area (Å²) in [4.78, 5) is 10.2. The molecule has 0 saturated heterocycles. The molecule has 0 bridgehead atoms. The van der Waals surface area contributed by atoms with Crippen LogP contribution in [0.3, 0.4) is 0 Å². The van der Waals surface area contributed by atoms with Crippen LogP contribution in [0.25, 0.3) is 0 Å². The fourth-order valence-corrected chi connectivity index (χ4v) is 0.329. The van der Waals surface area contributed by atoms with Gasteiger partial charge in [0.1, 0.15) is 0 Å². The molecule has 0 heterocycles. The first-order valence-electron chi connectivity index (χ1n) is 3.60. The van der Waals surface area contributed by atoms with E-state index < -0.39 is 11.9 Å². The molecule has 0 fully saturated rings. The molecular formula is C7H18N2O. The fraction of sp³-hybridized carbons (Fsp3) is 0.857. The van der Waals surface area contributed by atoms with Crippen molar-refractivity contribution in [2.45, 2.75) is 33.7 Å². The molecule has 0 unspecified atom stereocenters. The number of amides is 1. The number of hydrogen-bond donors (Lipinski definition) is 2. The van der Waals surface area contributed by atoms with Crippen LogP contribution in [-0.4, -0.2) is 11.9 Å². The molecule has 0 aliphatic heterocycles. The first-order valence-corrected chi connectivity index (χ1v) is 3.60. The van der Waals surface area contributed by atoms with Crippen LogP contribution in [0, 0.1) is 5.92 Å². The Morgan fingerprint density at radius 3 is 1.60 bits per heavy atom. The van der Waals surface area contributed by atoms with Gasteiger partial charge in [-0.15, -0.1) is 0 Å². The Balaban J connectivity index is 0. The number of hydrogen-bond acceptors (Lipinski definition) is 2. The summed E-state index contributed by atoms with van der Waals surface area (Å²) < 4.78 is 0. The molecule has 3 heteroatoms. The number of carbonyl (C=O) groups is 1.